The molecule has 0 spiro atoms. The molecule has 140 valence electrons. The van der Waals surface area contributed by atoms with Crippen molar-refractivity contribution >= 4 is 17.5 Å². The second-order valence-electron chi connectivity index (χ2n) is 6.43. The highest BCUT2D eigenvalue weighted by molar-refractivity contribution is 5.95. The van der Waals surface area contributed by atoms with Crippen LogP contribution in [0.15, 0.2) is 42.5 Å². The first-order valence-electron chi connectivity index (χ1n) is 8.82. The van der Waals surface area contributed by atoms with Crippen LogP contribution in [0.5, 0.6) is 17.2 Å². The standard InChI is InChI=1S/C20H20N2O5/c1-13(23)22-11-19(27-16-5-3-2-4-15(16)22)20(24)21-9-8-14-6-7-17-18(10-14)26-12-25-17/h2-7,10,19H,8-9,11-12H2,1H3,(H,21,24)/t19-/m0/s1. The number of carbonyl (C=O) groups excluding carboxylic acids is 2. The van der Waals surface area contributed by atoms with Crippen molar-refractivity contribution in [1.82, 2.24) is 5.32 Å². The molecular formula is C20H20N2O5. The van der Waals surface area contributed by atoms with E-state index in [0.29, 0.717) is 24.4 Å². The summed E-state index contributed by atoms with van der Waals surface area (Å²) >= 11 is 0. The Balaban J connectivity index is 1.36. The van der Waals surface area contributed by atoms with Crippen LogP contribution in [0.3, 0.4) is 0 Å². The van der Waals surface area contributed by atoms with E-state index >= 15 is 0 Å². The van der Waals surface area contributed by atoms with Crippen molar-refractivity contribution in [3.8, 4) is 17.2 Å². The Morgan fingerprint density at radius 1 is 1.11 bits per heavy atom. The van der Waals surface area contributed by atoms with E-state index in [9.17, 15) is 9.59 Å². The van der Waals surface area contributed by atoms with E-state index in [4.69, 9.17) is 14.2 Å². The zero-order chi connectivity index (χ0) is 18.8. The van der Waals surface area contributed by atoms with Gasteiger partial charge in [0.2, 0.25) is 12.7 Å². The van der Waals surface area contributed by atoms with Gasteiger partial charge in [0.05, 0.1) is 12.2 Å². The largest absolute Gasteiger partial charge is 0.477 e. The fourth-order valence-corrected chi connectivity index (χ4v) is 3.21. The molecule has 0 saturated carbocycles. The van der Waals surface area contributed by atoms with Crippen LogP contribution in [0.25, 0.3) is 0 Å². The highest BCUT2D eigenvalue weighted by atomic mass is 16.7. The Hall–Kier alpha value is -3.22. The van der Waals surface area contributed by atoms with Crippen molar-refractivity contribution in [3.63, 3.8) is 0 Å². The van der Waals surface area contributed by atoms with Crippen molar-refractivity contribution in [1.29, 1.82) is 0 Å². The minimum atomic E-state index is -0.736. The third kappa shape index (κ3) is 3.53. The highest BCUT2D eigenvalue weighted by Gasteiger charge is 2.32. The Kier molecular flexibility index (Phi) is 4.58. The Morgan fingerprint density at radius 3 is 2.78 bits per heavy atom. The average Bonchev–Trinajstić information content (AvgIpc) is 3.14. The number of hydrogen-bond donors (Lipinski definition) is 1. The fourth-order valence-electron chi connectivity index (χ4n) is 3.21. The predicted octanol–water partition coefficient (Wildman–Crippen LogP) is 1.89. The van der Waals surface area contributed by atoms with E-state index < -0.39 is 6.10 Å². The molecule has 4 rings (SSSR count). The molecule has 7 nitrogen and oxygen atoms in total. The Labute approximate surface area is 156 Å². The molecule has 2 aliphatic rings. The number of ether oxygens (including phenoxy) is 3. The molecule has 7 heteroatoms. The molecule has 0 aliphatic carbocycles. The molecule has 1 N–H and O–H groups in total. The van der Waals surface area contributed by atoms with Crippen molar-refractivity contribution in [2.75, 3.05) is 24.8 Å². The van der Waals surface area contributed by atoms with E-state index in [1.807, 2.05) is 36.4 Å². The van der Waals surface area contributed by atoms with Crippen molar-refractivity contribution in [2.45, 2.75) is 19.4 Å². The normalized spacial score (nSPS) is 17.1. The summed E-state index contributed by atoms with van der Waals surface area (Å²) in [5.41, 5.74) is 1.73. The van der Waals surface area contributed by atoms with Gasteiger partial charge in [0.1, 0.15) is 5.75 Å². The van der Waals surface area contributed by atoms with E-state index in [1.54, 1.807) is 11.0 Å². The zero-order valence-corrected chi connectivity index (χ0v) is 14.9. The van der Waals surface area contributed by atoms with Gasteiger partial charge in [-0.3, -0.25) is 9.59 Å². The quantitative estimate of drug-likeness (QED) is 0.892. The molecular weight excluding hydrogens is 348 g/mol. The van der Waals surface area contributed by atoms with E-state index in [2.05, 4.69) is 5.32 Å². The van der Waals surface area contributed by atoms with Gasteiger partial charge in [-0.15, -0.1) is 0 Å². The van der Waals surface area contributed by atoms with Crippen LogP contribution in [0, 0.1) is 0 Å². The third-order valence-electron chi connectivity index (χ3n) is 4.60. The lowest BCUT2D eigenvalue weighted by Crippen LogP contribution is -2.50. The van der Waals surface area contributed by atoms with Gasteiger partial charge in [-0.05, 0) is 36.2 Å². The minimum Gasteiger partial charge on any atom is -0.477 e. The molecule has 0 unspecified atom stereocenters. The highest BCUT2D eigenvalue weighted by Crippen LogP contribution is 2.33. The first-order valence-corrected chi connectivity index (χ1v) is 8.82. The summed E-state index contributed by atoms with van der Waals surface area (Å²) in [6.45, 7) is 2.38. The molecule has 2 aliphatic heterocycles. The van der Waals surface area contributed by atoms with Crippen LogP contribution in [0.4, 0.5) is 5.69 Å². The minimum absolute atomic E-state index is 0.121. The lowest BCUT2D eigenvalue weighted by atomic mass is 10.1. The number of nitrogens with zero attached hydrogens (tertiary/aromatic N) is 1. The van der Waals surface area contributed by atoms with Crippen molar-refractivity contribution < 1.29 is 23.8 Å². The Bertz CT molecular complexity index is 882. The van der Waals surface area contributed by atoms with Crippen molar-refractivity contribution in [3.05, 3.63) is 48.0 Å². The maximum Gasteiger partial charge on any atom is 0.262 e. The number of hydrogen-bond acceptors (Lipinski definition) is 5. The topological polar surface area (TPSA) is 77.1 Å². The molecule has 2 heterocycles. The molecule has 27 heavy (non-hydrogen) atoms. The summed E-state index contributed by atoms with van der Waals surface area (Å²) in [6, 6.07) is 13.0. The number of nitrogens with one attached hydrogen (secondary N) is 1. The first-order chi connectivity index (χ1) is 13.1. The third-order valence-corrected chi connectivity index (χ3v) is 4.60. The van der Waals surface area contributed by atoms with Crippen LogP contribution in [0.1, 0.15) is 12.5 Å². The summed E-state index contributed by atoms with van der Waals surface area (Å²) < 4.78 is 16.4. The number of amides is 2. The zero-order valence-electron chi connectivity index (χ0n) is 14.9. The van der Waals surface area contributed by atoms with Crippen LogP contribution >= 0.6 is 0 Å². The lowest BCUT2D eigenvalue weighted by Gasteiger charge is -2.33. The van der Waals surface area contributed by atoms with Gasteiger partial charge in [0.15, 0.2) is 17.6 Å². The number of benzene rings is 2. The molecule has 2 aromatic carbocycles. The monoisotopic (exact) mass is 368 g/mol. The summed E-state index contributed by atoms with van der Waals surface area (Å²) in [4.78, 5) is 26.0. The number of fused-ring (bicyclic) bond motifs is 2. The number of anilines is 1. The number of para-hydroxylation sites is 2. The Morgan fingerprint density at radius 2 is 1.93 bits per heavy atom. The number of carbonyl (C=O) groups is 2. The van der Waals surface area contributed by atoms with Crippen LogP contribution in [0.2, 0.25) is 0 Å². The smallest absolute Gasteiger partial charge is 0.262 e. The SMILES string of the molecule is CC(=O)N1C[C@@H](C(=O)NCCc2ccc3c(c2)OCO3)Oc2ccccc21. The van der Waals surface area contributed by atoms with Crippen molar-refractivity contribution in [2.24, 2.45) is 0 Å². The summed E-state index contributed by atoms with van der Waals surface area (Å²) in [6.07, 6.45) is -0.0807. The van der Waals surface area contributed by atoms with Gasteiger partial charge in [-0.25, -0.2) is 0 Å². The summed E-state index contributed by atoms with van der Waals surface area (Å²) in [5, 5.41) is 2.88. The van der Waals surface area contributed by atoms with Gasteiger partial charge < -0.3 is 24.4 Å². The van der Waals surface area contributed by atoms with Crippen LogP contribution in [-0.2, 0) is 16.0 Å². The molecule has 1 atom stereocenters. The molecule has 0 radical (unpaired) electrons. The molecule has 0 bridgehead atoms. The second-order valence-corrected chi connectivity index (χ2v) is 6.43. The molecule has 0 saturated heterocycles. The summed E-state index contributed by atoms with van der Waals surface area (Å²) in [7, 11) is 0. The van der Waals surface area contributed by atoms with Gasteiger partial charge in [-0.2, -0.15) is 0 Å². The predicted molar refractivity (Wildman–Crippen MR) is 98.2 cm³/mol. The maximum atomic E-state index is 12.5. The molecule has 0 fully saturated rings. The van der Waals surface area contributed by atoms with E-state index in [1.165, 1.54) is 6.92 Å². The second kappa shape index (κ2) is 7.19. The first kappa shape index (κ1) is 17.2. The van der Waals surface area contributed by atoms with Gasteiger partial charge in [0, 0.05) is 13.5 Å². The molecule has 0 aromatic heterocycles. The molecule has 2 amide bonds. The van der Waals surface area contributed by atoms with Crippen LogP contribution < -0.4 is 24.4 Å². The van der Waals surface area contributed by atoms with E-state index in [0.717, 1.165) is 17.1 Å². The molecule has 2 aromatic rings. The maximum absolute atomic E-state index is 12.5. The van der Waals surface area contributed by atoms with Crippen LogP contribution in [-0.4, -0.2) is 37.8 Å². The average molecular weight is 368 g/mol. The number of rotatable bonds is 4. The fraction of sp³-hybridized carbons (Fsp3) is 0.300. The summed E-state index contributed by atoms with van der Waals surface area (Å²) in [5.74, 6) is 1.64. The van der Waals surface area contributed by atoms with Gasteiger partial charge in [0.25, 0.3) is 5.91 Å². The lowest BCUT2D eigenvalue weighted by molar-refractivity contribution is -0.128. The van der Waals surface area contributed by atoms with Gasteiger partial charge in [-0.1, -0.05) is 18.2 Å². The van der Waals surface area contributed by atoms with Gasteiger partial charge >= 0.3 is 0 Å². The van der Waals surface area contributed by atoms with E-state index in [-0.39, 0.29) is 25.2 Å².